The van der Waals surface area contributed by atoms with E-state index in [1.54, 1.807) is 12.1 Å². The first kappa shape index (κ1) is 12.4. The summed E-state index contributed by atoms with van der Waals surface area (Å²) < 4.78 is 0. The van der Waals surface area contributed by atoms with E-state index in [2.05, 4.69) is 10.2 Å². The third-order valence-electron chi connectivity index (χ3n) is 2.97. The molecule has 1 fully saturated rings. The van der Waals surface area contributed by atoms with Gasteiger partial charge in [-0.15, -0.1) is 0 Å². The van der Waals surface area contributed by atoms with Crippen molar-refractivity contribution in [2.24, 2.45) is 5.73 Å². The Balaban J connectivity index is 2.21. The number of hydrogen-bond donors (Lipinski definition) is 2. The van der Waals surface area contributed by atoms with Gasteiger partial charge in [0.2, 0.25) is 5.91 Å². The number of nitrogens with zero attached hydrogens (tertiary/aromatic N) is 1. The summed E-state index contributed by atoms with van der Waals surface area (Å²) in [5.74, 6) is -0.311. The number of carbonyl (C=O) groups is 1. The lowest BCUT2D eigenvalue weighted by Gasteiger charge is -2.33. The molecule has 4 nitrogen and oxygen atoms in total. The summed E-state index contributed by atoms with van der Waals surface area (Å²) in [6.45, 7) is 3.43. The molecule has 0 bridgehead atoms. The van der Waals surface area contributed by atoms with Crippen molar-refractivity contribution >= 4 is 17.5 Å². The largest absolute Gasteiger partial charge is 0.368 e. The van der Waals surface area contributed by atoms with E-state index >= 15 is 0 Å². The molecule has 1 amide bonds. The summed E-state index contributed by atoms with van der Waals surface area (Å²) in [5.41, 5.74) is 6.41. The van der Waals surface area contributed by atoms with Crippen LogP contribution >= 0.6 is 11.6 Å². The molecule has 1 aromatic rings. The van der Waals surface area contributed by atoms with Gasteiger partial charge in [-0.1, -0.05) is 23.7 Å². The molecule has 3 N–H and O–H groups in total. The molecule has 1 aromatic carbocycles. The molecule has 0 spiro atoms. The molecule has 1 aliphatic heterocycles. The second-order valence-electron chi connectivity index (χ2n) is 4.14. The highest BCUT2D eigenvalue weighted by Gasteiger charge is 2.26. The van der Waals surface area contributed by atoms with Gasteiger partial charge in [0.25, 0.3) is 0 Å². The van der Waals surface area contributed by atoms with Gasteiger partial charge in [0, 0.05) is 31.2 Å². The highest BCUT2D eigenvalue weighted by Crippen LogP contribution is 2.22. The van der Waals surface area contributed by atoms with Crippen molar-refractivity contribution in [3.63, 3.8) is 0 Å². The Bertz CT molecular complexity index is 387. The molecular formula is C12H16ClN3O. The molecule has 1 atom stereocenters. The van der Waals surface area contributed by atoms with E-state index in [0.29, 0.717) is 5.02 Å². The molecule has 0 unspecified atom stereocenters. The van der Waals surface area contributed by atoms with Gasteiger partial charge in [-0.05, 0) is 17.7 Å². The van der Waals surface area contributed by atoms with Crippen molar-refractivity contribution in [2.45, 2.75) is 6.04 Å². The number of nitrogens with two attached hydrogens (primary N) is 1. The average Bonchev–Trinajstić information content (AvgIpc) is 2.33. The molecule has 1 heterocycles. The van der Waals surface area contributed by atoms with Crippen molar-refractivity contribution in [1.82, 2.24) is 10.2 Å². The van der Waals surface area contributed by atoms with Crippen molar-refractivity contribution in [2.75, 3.05) is 26.2 Å². The maximum atomic E-state index is 11.6. The number of nitrogens with one attached hydrogen (secondary N) is 1. The van der Waals surface area contributed by atoms with Gasteiger partial charge in [-0.2, -0.15) is 0 Å². The van der Waals surface area contributed by atoms with Crippen LogP contribution < -0.4 is 11.1 Å². The van der Waals surface area contributed by atoms with Crippen LogP contribution in [0.1, 0.15) is 11.6 Å². The summed E-state index contributed by atoms with van der Waals surface area (Å²) in [5, 5.41) is 3.92. The zero-order valence-corrected chi connectivity index (χ0v) is 10.3. The standard InChI is InChI=1S/C12H16ClN3O/c13-10-3-1-9(2-4-10)11(12(14)17)16-7-5-15-6-8-16/h1-4,11,15H,5-8H2,(H2,14,17)/t11-/m0/s1. The van der Waals surface area contributed by atoms with E-state index in [4.69, 9.17) is 17.3 Å². The van der Waals surface area contributed by atoms with Gasteiger partial charge < -0.3 is 11.1 Å². The Kier molecular flexibility index (Phi) is 3.99. The van der Waals surface area contributed by atoms with Crippen molar-refractivity contribution < 1.29 is 4.79 Å². The summed E-state index contributed by atoms with van der Waals surface area (Å²) in [6, 6.07) is 6.94. The lowest BCUT2D eigenvalue weighted by Crippen LogP contribution is -2.48. The number of carbonyl (C=O) groups excluding carboxylic acids is 1. The second kappa shape index (κ2) is 5.49. The fourth-order valence-corrected chi connectivity index (χ4v) is 2.27. The fourth-order valence-electron chi connectivity index (χ4n) is 2.14. The first-order valence-corrected chi connectivity index (χ1v) is 6.06. The van der Waals surface area contributed by atoms with Crippen LogP contribution in [0, 0.1) is 0 Å². The number of piperazine rings is 1. The lowest BCUT2D eigenvalue weighted by molar-refractivity contribution is -0.123. The smallest absolute Gasteiger partial charge is 0.239 e. The van der Waals surface area contributed by atoms with Crippen LogP contribution in [-0.4, -0.2) is 37.0 Å². The van der Waals surface area contributed by atoms with Gasteiger partial charge in [0.15, 0.2) is 0 Å². The van der Waals surface area contributed by atoms with E-state index in [-0.39, 0.29) is 11.9 Å². The minimum Gasteiger partial charge on any atom is -0.368 e. The highest BCUT2D eigenvalue weighted by molar-refractivity contribution is 6.30. The average molecular weight is 254 g/mol. The van der Waals surface area contributed by atoms with Crippen LogP contribution in [-0.2, 0) is 4.79 Å². The Morgan fingerprint density at radius 3 is 2.41 bits per heavy atom. The fraction of sp³-hybridized carbons (Fsp3) is 0.417. The Morgan fingerprint density at radius 2 is 1.88 bits per heavy atom. The molecule has 17 heavy (non-hydrogen) atoms. The molecule has 92 valence electrons. The van der Waals surface area contributed by atoms with E-state index in [9.17, 15) is 4.79 Å². The minimum absolute atomic E-state index is 0.311. The predicted octanol–water partition coefficient (Wildman–Crippen LogP) is 0.772. The Morgan fingerprint density at radius 1 is 1.29 bits per heavy atom. The zero-order valence-electron chi connectivity index (χ0n) is 9.53. The molecule has 2 rings (SSSR count). The van der Waals surface area contributed by atoms with Gasteiger partial charge in [-0.25, -0.2) is 0 Å². The molecule has 0 radical (unpaired) electrons. The summed E-state index contributed by atoms with van der Waals surface area (Å²) in [4.78, 5) is 13.7. The number of primary amides is 1. The molecule has 0 aromatic heterocycles. The summed E-state index contributed by atoms with van der Waals surface area (Å²) >= 11 is 5.84. The third-order valence-corrected chi connectivity index (χ3v) is 3.22. The van der Waals surface area contributed by atoms with Crippen LogP contribution in [0.2, 0.25) is 5.02 Å². The molecule has 1 saturated heterocycles. The predicted molar refractivity (Wildman–Crippen MR) is 67.8 cm³/mol. The minimum atomic E-state index is -0.352. The summed E-state index contributed by atoms with van der Waals surface area (Å²) in [6.07, 6.45) is 0. The van der Waals surface area contributed by atoms with E-state index in [1.165, 1.54) is 0 Å². The van der Waals surface area contributed by atoms with Crippen LogP contribution in [0.25, 0.3) is 0 Å². The van der Waals surface area contributed by atoms with E-state index < -0.39 is 0 Å². The SMILES string of the molecule is NC(=O)[C@H](c1ccc(Cl)cc1)N1CCNCC1. The Labute approximate surface area is 106 Å². The number of halogens is 1. The molecular weight excluding hydrogens is 238 g/mol. The maximum absolute atomic E-state index is 11.6. The highest BCUT2D eigenvalue weighted by atomic mass is 35.5. The van der Waals surface area contributed by atoms with Gasteiger partial charge in [-0.3, -0.25) is 9.69 Å². The molecule has 5 heteroatoms. The normalized spacial score (nSPS) is 18.9. The lowest BCUT2D eigenvalue weighted by atomic mass is 10.0. The number of hydrogen-bond acceptors (Lipinski definition) is 3. The van der Waals surface area contributed by atoms with Crippen LogP contribution in [0.4, 0.5) is 0 Å². The number of benzene rings is 1. The number of rotatable bonds is 3. The zero-order chi connectivity index (χ0) is 12.3. The van der Waals surface area contributed by atoms with Crippen molar-refractivity contribution in [1.29, 1.82) is 0 Å². The van der Waals surface area contributed by atoms with Crippen LogP contribution in [0.3, 0.4) is 0 Å². The van der Waals surface area contributed by atoms with Crippen LogP contribution in [0.15, 0.2) is 24.3 Å². The topological polar surface area (TPSA) is 58.4 Å². The first-order valence-electron chi connectivity index (χ1n) is 5.68. The van der Waals surface area contributed by atoms with E-state index in [1.807, 2.05) is 12.1 Å². The van der Waals surface area contributed by atoms with Gasteiger partial charge in [0.1, 0.15) is 6.04 Å². The Hall–Kier alpha value is -1.10. The molecule has 1 aliphatic rings. The third kappa shape index (κ3) is 2.97. The number of amides is 1. The monoisotopic (exact) mass is 253 g/mol. The van der Waals surface area contributed by atoms with Gasteiger partial charge >= 0.3 is 0 Å². The summed E-state index contributed by atoms with van der Waals surface area (Å²) in [7, 11) is 0. The van der Waals surface area contributed by atoms with Crippen molar-refractivity contribution in [3.05, 3.63) is 34.9 Å². The van der Waals surface area contributed by atoms with Crippen molar-refractivity contribution in [3.8, 4) is 0 Å². The van der Waals surface area contributed by atoms with Crippen LogP contribution in [0.5, 0.6) is 0 Å². The van der Waals surface area contributed by atoms with Gasteiger partial charge in [0.05, 0.1) is 0 Å². The molecule has 0 aliphatic carbocycles. The quantitative estimate of drug-likeness (QED) is 0.837. The molecule has 0 saturated carbocycles. The maximum Gasteiger partial charge on any atom is 0.239 e. The first-order chi connectivity index (χ1) is 8.18. The van der Waals surface area contributed by atoms with E-state index in [0.717, 1.165) is 31.7 Å². The second-order valence-corrected chi connectivity index (χ2v) is 4.58.